The summed E-state index contributed by atoms with van der Waals surface area (Å²) in [6.07, 6.45) is 5.55. The number of methoxy groups -OCH3 is 1. The lowest BCUT2D eigenvalue weighted by Crippen LogP contribution is -2.22. The van der Waals surface area contributed by atoms with Gasteiger partial charge in [0.15, 0.2) is 6.04 Å². The Bertz CT molecular complexity index is 643. The van der Waals surface area contributed by atoms with Gasteiger partial charge in [0.25, 0.3) is 0 Å². The van der Waals surface area contributed by atoms with Crippen molar-refractivity contribution in [3.63, 3.8) is 0 Å². The van der Waals surface area contributed by atoms with Crippen LogP contribution in [0.2, 0.25) is 0 Å². The molecule has 0 aliphatic rings. The third-order valence-corrected chi connectivity index (χ3v) is 3.16. The number of ether oxygens (including phenoxy) is 1. The third kappa shape index (κ3) is 3.83. The number of esters is 1. The van der Waals surface area contributed by atoms with Crippen LogP contribution in [-0.4, -0.2) is 24.8 Å². The first kappa shape index (κ1) is 15.5. The van der Waals surface area contributed by atoms with Crippen LogP contribution in [0.25, 0.3) is 0 Å². The van der Waals surface area contributed by atoms with Crippen molar-refractivity contribution in [2.75, 3.05) is 7.11 Å². The van der Waals surface area contributed by atoms with Gasteiger partial charge in [-0.2, -0.15) is 0 Å². The lowest BCUT2D eigenvalue weighted by molar-refractivity contribution is -0.141. The van der Waals surface area contributed by atoms with E-state index in [1.807, 2.05) is 60.7 Å². The van der Waals surface area contributed by atoms with Crippen LogP contribution in [0, 0.1) is 12.3 Å². The Morgan fingerprint density at radius 3 is 2.00 bits per heavy atom. The molecule has 3 heteroatoms. The molecule has 0 bridgehead atoms. The van der Waals surface area contributed by atoms with Gasteiger partial charge in [0.2, 0.25) is 0 Å². The van der Waals surface area contributed by atoms with E-state index in [1.54, 1.807) is 0 Å². The van der Waals surface area contributed by atoms with Gasteiger partial charge in [-0.1, -0.05) is 60.7 Å². The minimum atomic E-state index is -0.703. The summed E-state index contributed by atoms with van der Waals surface area (Å²) in [5, 5.41) is 0. The van der Waals surface area contributed by atoms with Gasteiger partial charge >= 0.3 is 5.97 Å². The van der Waals surface area contributed by atoms with E-state index >= 15 is 0 Å². The van der Waals surface area contributed by atoms with Gasteiger partial charge in [0.05, 0.1) is 12.8 Å². The van der Waals surface area contributed by atoms with Crippen LogP contribution in [0.3, 0.4) is 0 Å². The fourth-order valence-corrected chi connectivity index (χ4v) is 2.09. The molecule has 0 aliphatic carbocycles. The second kappa shape index (κ2) is 7.80. The fraction of sp³-hybridized carbons (Fsp3) is 0.158. The first-order valence-corrected chi connectivity index (χ1v) is 6.96. The van der Waals surface area contributed by atoms with Crippen LogP contribution in [0.15, 0.2) is 65.7 Å². The predicted molar refractivity (Wildman–Crippen MR) is 87.8 cm³/mol. The normalized spacial score (nSPS) is 11.1. The Labute approximate surface area is 130 Å². The number of carbonyl (C=O) groups excluding carboxylic acids is 1. The molecule has 0 spiro atoms. The van der Waals surface area contributed by atoms with E-state index in [4.69, 9.17) is 11.2 Å². The second-order valence-electron chi connectivity index (χ2n) is 4.66. The third-order valence-electron chi connectivity index (χ3n) is 3.16. The zero-order valence-electron chi connectivity index (χ0n) is 12.4. The molecule has 2 aromatic carbocycles. The van der Waals surface area contributed by atoms with Crippen molar-refractivity contribution in [2.24, 2.45) is 4.99 Å². The molecule has 0 saturated carbocycles. The van der Waals surface area contributed by atoms with Crippen LogP contribution in [-0.2, 0) is 9.53 Å². The summed E-state index contributed by atoms with van der Waals surface area (Å²) in [5.41, 5.74) is 2.59. The number of nitrogens with zero attached hydrogens (tertiary/aromatic N) is 1. The van der Waals surface area contributed by atoms with E-state index in [0.29, 0.717) is 0 Å². The van der Waals surface area contributed by atoms with E-state index < -0.39 is 12.0 Å². The maximum absolute atomic E-state index is 11.9. The van der Waals surface area contributed by atoms with Crippen LogP contribution in [0.1, 0.15) is 17.5 Å². The Balaban J connectivity index is 2.51. The van der Waals surface area contributed by atoms with Crippen molar-refractivity contribution >= 4 is 11.7 Å². The van der Waals surface area contributed by atoms with Crippen molar-refractivity contribution in [3.05, 3.63) is 71.8 Å². The molecule has 0 amide bonds. The lowest BCUT2D eigenvalue weighted by atomic mass is 10.0. The molecule has 3 nitrogen and oxygen atoms in total. The minimum absolute atomic E-state index is 0.204. The average Bonchev–Trinajstić information content (AvgIpc) is 2.59. The molecule has 0 N–H and O–H groups in total. The highest BCUT2D eigenvalue weighted by atomic mass is 16.5. The topological polar surface area (TPSA) is 38.7 Å². The number of hydrogen-bond acceptors (Lipinski definition) is 3. The van der Waals surface area contributed by atoms with Gasteiger partial charge in [0, 0.05) is 17.5 Å². The van der Waals surface area contributed by atoms with Crippen LogP contribution in [0.4, 0.5) is 0 Å². The van der Waals surface area contributed by atoms with E-state index in [1.165, 1.54) is 7.11 Å². The molecule has 0 fully saturated rings. The number of aliphatic imine (C=N–C) groups is 1. The summed E-state index contributed by atoms with van der Waals surface area (Å²) in [5.74, 6) is 2.05. The maximum atomic E-state index is 11.9. The summed E-state index contributed by atoms with van der Waals surface area (Å²) in [6, 6.07) is 18.7. The van der Waals surface area contributed by atoms with Gasteiger partial charge in [-0.15, -0.1) is 12.3 Å². The van der Waals surface area contributed by atoms with E-state index in [2.05, 4.69) is 10.9 Å². The first-order valence-electron chi connectivity index (χ1n) is 6.96. The smallest absolute Gasteiger partial charge is 0.331 e. The molecule has 0 aromatic heterocycles. The van der Waals surface area contributed by atoms with E-state index in [-0.39, 0.29) is 6.42 Å². The average molecular weight is 291 g/mol. The quantitative estimate of drug-likeness (QED) is 0.482. The summed E-state index contributed by atoms with van der Waals surface area (Å²) < 4.78 is 4.80. The number of carbonyl (C=O) groups is 1. The van der Waals surface area contributed by atoms with Gasteiger partial charge < -0.3 is 4.74 Å². The molecule has 1 atom stereocenters. The number of benzene rings is 2. The van der Waals surface area contributed by atoms with Gasteiger partial charge in [-0.3, -0.25) is 4.99 Å². The van der Waals surface area contributed by atoms with Crippen LogP contribution in [0.5, 0.6) is 0 Å². The zero-order chi connectivity index (χ0) is 15.8. The minimum Gasteiger partial charge on any atom is -0.467 e. The fourth-order valence-electron chi connectivity index (χ4n) is 2.09. The first-order chi connectivity index (χ1) is 10.8. The molecule has 2 rings (SSSR count). The summed E-state index contributed by atoms with van der Waals surface area (Å²) in [4.78, 5) is 16.5. The monoisotopic (exact) mass is 291 g/mol. The predicted octanol–water partition coefficient (Wildman–Crippen LogP) is 3.09. The molecule has 0 heterocycles. The number of terminal acetylenes is 1. The molecule has 0 aliphatic heterocycles. The highest BCUT2D eigenvalue weighted by Gasteiger charge is 2.19. The lowest BCUT2D eigenvalue weighted by Gasteiger charge is -2.12. The molecular formula is C19H17NO2. The Hall–Kier alpha value is -2.86. The van der Waals surface area contributed by atoms with Crippen molar-refractivity contribution < 1.29 is 9.53 Å². The molecule has 0 radical (unpaired) electrons. The highest BCUT2D eigenvalue weighted by molar-refractivity contribution is 6.13. The molecule has 0 saturated heterocycles. The number of rotatable bonds is 5. The highest BCUT2D eigenvalue weighted by Crippen LogP contribution is 2.14. The largest absolute Gasteiger partial charge is 0.467 e. The van der Waals surface area contributed by atoms with Gasteiger partial charge in [-0.05, 0) is 0 Å². The van der Waals surface area contributed by atoms with Gasteiger partial charge in [-0.25, -0.2) is 4.79 Å². The molecular weight excluding hydrogens is 274 g/mol. The van der Waals surface area contributed by atoms with Crippen molar-refractivity contribution in [1.29, 1.82) is 0 Å². The molecule has 2 aromatic rings. The van der Waals surface area contributed by atoms with Crippen LogP contribution < -0.4 is 0 Å². The number of hydrogen-bond donors (Lipinski definition) is 0. The molecule has 110 valence electrons. The Morgan fingerprint density at radius 1 is 1.09 bits per heavy atom. The van der Waals surface area contributed by atoms with E-state index in [9.17, 15) is 4.79 Å². The van der Waals surface area contributed by atoms with Crippen molar-refractivity contribution in [3.8, 4) is 12.3 Å². The summed E-state index contributed by atoms with van der Waals surface area (Å²) in [6.45, 7) is 0. The second-order valence-corrected chi connectivity index (χ2v) is 4.66. The van der Waals surface area contributed by atoms with Crippen LogP contribution >= 0.6 is 0 Å². The molecule has 22 heavy (non-hydrogen) atoms. The van der Waals surface area contributed by atoms with Crippen molar-refractivity contribution in [2.45, 2.75) is 12.5 Å². The summed E-state index contributed by atoms with van der Waals surface area (Å²) in [7, 11) is 1.34. The van der Waals surface area contributed by atoms with Crippen molar-refractivity contribution in [1.82, 2.24) is 0 Å². The SMILES string of the molecule is C#CCC(N=C(c1ccccc1)c1ccccc1)C(=O)OC. The van der Waals surface area contributed by atoms with Gasteiger partial charge in [0.1, 0.15) is 0 Å². The Kier molecular flexibility index (Phi) is 5.50. The maximum Gasteiger partial charge on any atom is 0.331 e. The standard InChI is InChI=1S/C19H17NO2/c1-3-10-17(19(21)22-2)20-18(15-11-6-4-7-12-15)16-13-8-5-9-14-16/h1,4-9,11-14,17H,10H2,2H3. The molecule has 1 unspecified atom stereocenters. The Morgan fingerprint density at radius 2 is 1.59 bits per heavy atom. The van der Waals surface area contributed by atoms with E-state index in [0.717, 1.165) is 16.8 Å². The summed E-state index contributed by atoms with van der Waals surface area (Å²) >= 11 is 0. The zero-order valence-corrected chi connectivity index (χ0v) is 12.4.